The lowest BCUT2D eigenvalue weighted by molar-refractivity contribution is 0.455. The molecule has 0 aromatic carbocycles. The molecule has 12 heavy (non-hydrogen) atoms. The number of nitrogens with zero attached hydrogens (tertiary/aromatic N) is 2. The SMILES string of the molecule is Cc1cc(I)nn1C1CCCC1. The van der Waals surface area contributed by atoms with Crippen molar-refractivity contribution in [3.63, 3.8) is 0 Å². The minimum Gasteiger partial charge on any atom is -0.266 e. The molecule has 1 heterocycles. The smallest absolute Gasteiger partial charge is 0.123 e. The van der Waals surface area contributed by atoms with Gasteiger partial charge in [-0.15, -0.1) is 0 Å². The molecule has 0 unspecified atom stereocenters. The van der Waals surface area contributed by atoms with Gasteiger partial charge in [0.25, 0.3) is 0 Å². The van der Waals surface area contributed by atoms with E-state index in [1.165, 1.54) is 31.4 Å². The fourth-order valence-electron chi connectivity index (χ4n) is 1.97. The Labute approximate surface area is 86.5 Å². The molecule has 1 fully saturated rings. The summed E-state index contributed by atoms with van der Waals surface area (Å²) in [6.45, 7) is 2.15. The Balaban J connectivity index is 2.25. The highest BCUT2D eigenvalue weighted by Gasteiger charge is 2.18. The van der Waals surface area contributed by atoms with Gasteiger partial charge in [-0.2, -0.15) is 5.10 Å². The van der Waals surface area contributed by atoms with Crippen molar-refractivity contribution in [3.05, 3.63) is 15.5 Å². The Morgan fingerprint density at radius 3 is 2.67 bits per heavy atom. The van der Waals surface area contributed by atoms with Crippen LogP contribution in [0, 0.1) is 10.6 Å². The molecule has 0 amide bonds. The molecule has 0 spiro atoms. The Morgan fingerprint density at radius 1 is 1.50 bits per heavy atom. The molecule has 66 valence electrons. The molecule has 1 aromatic rings. The molecular formula is C9H13IN2. The molecule has 0 radical (unpaired) electrons. The first-order valence-electron chi connectivity index (χ1n) is 4.49. The van der Waals surface area contributed by atoms with Gasteiger partial charge >= 0.3 is 0 Å². The quantitative estimate of drug-likeness (QED) is 0.721. The van der Waals surface area contributed by atoms with Gasteiger partial charge in [0.1, 0.15) is 3.70 Å². The van der Waals surface area contributed by atoms with Gasteiger partial charge in [0.15, 0.2) is 0 Å². The van der Waals surface area contributed by atoms with Crippen LogP contribution in [0.2, 0.25) is 0 Å². The number of hydrogen-bond donors (Lipinski definition) is 0. The van der Waals surface area contributed by atoms with Crippen molar-refractivity contribution in [2.45, 2.75) is 38.6 Å². The minimum atomic E-state index is 0.688. The van der Waals surface area contributed by atoms with E-state index in [1.54, 1.807) is 0 Å². The van der Waals surface area contributed by atoms with Crippen molar-refractivity contribution < 1.29 is 0 Å². The Morgan fingerprint density at radius 2 is 2.17 bits per heavy atom. The molecule has 3 heteroatoms. The molecule has 0 saturated heterocycles. The molecule has 1 aliphatic rings. The normalized spacial score (nSPS) is 18.8. The number of aromatic nitrogens is 2. The van der Waals surface area contributed by atoms with Gasteiger partial charge in [-0.1, -0.05) is 12.8 Å². The van der Waals surface area contributed by atoms with E-state index < -0.39 is 0 Å². The average Bonchev–Trinajstić information content (AvgIpc) is 2.58. The fourth-order valence-corrected chi connectivity index (χ4v) is 2.65. The molecule has 0 aliphatic heterocycles. The lowest BCUT2D eigenvalue weighted by Crippen LogP contribution is -2.08. The maximum Gasteiger partial charge on any atom is 0.123 e. The third-order valence-electron chi connectivity index (χ3n) is 2.56. The average molecular weight is 276 g/mol. The van der Waals surface area contributed by atoms with Crippen molar-refractivity contribution >= 4 is 22.6 Å². The summed E-state index contributed by atoms with van der Waals surface area (Å²) < 4.78 is 3.33. The molecule has 2 rings (SSSR count). The second kappa shape index (κ2) is 3.36. The van der Waals surface area contributed by atoms with Crippen LogP contribution in [0.4, 0.5) is 0 Å². The zero-order valence-corrected chi connectivity index (χ0v) is 9.41. The molecule has 1 aromatic heterocycles. The second-order valence-corrected chi connectivity index (χ2v) is 4.60. The molecule has 1 aliphatic carbocycles. The first-order valence-corrected chi connectivity index (χ1v) is 5.57. The van der Waals surface area contributed by atoms with E-state index in [4.69, 9.17) is 0 Å². The highest BCUT2D eigenvalue weighted by molar-refractivity contribution is 14.1. The predicted octanol–water partition coefficient (Wildman–Crippen LogP) is 2.91. The predicted molar refractivity (Wildman–Crippen MR) is 57.2 cm³/mol. The van der Waals surface area contributed by atoms with Crippen LogP contribution in [0.3, 0.4) is 0 Å². The van der Waals surface area contributed by atoms with Crippen molar-refractivity contribution in [2.24, 2.45) is 0 Å². The van der Waals surface area contributed by atoms with Crippen LogP contribution in [0.5, 0.6) is 0 Å². The van der Waals surface area contributed by atoms with E-state index in [9.17, 15) is 0 Å². The minimum absolute atomic E-state index is 0.688. The summed E-state index contributed by atoms with van der Waals surface area (Å²) in [6, 6.07) is 2.84. The number of rotatable bonds is 1. The molecule has 0 atom stereocenters. The summed E-state index contributed by atoms with van der Waals surface area (Å²) in [5.41, 5.74) is 1.31. The van der Waals surface area contributed by atoms with Crippen molar-refractivity contribution in [3.8, 4) is 0 Å². The van der Waals surface area contributed by atoms with Crippen LogP contribution in [-0.4, -0.2) is 9.78 Å². The monoisotopic (exact) mass is 276 g/mol. The van der Waals surface area contributed by atoms with E-state index in [2.05, 4.69) is 45.4 Å². The topological polar surface area (TPSA) is 17.8 Å². The summed E-state index contributed by atoms with van der Waals surface area (Å²) >= 11 is 2.28. The summed E-state index contributed by atoms with van der Waals surface area (Å²) in [5, 5.41) is 4.50. The van der Waals surface area contributed by atoms with Crippen molar-refractivity contribution in [1.29, 1.82) is 0 Å². The molecule has 1 saturated carbocycles. The molecular weight excluding hydrogens is 263 g/mol. The van der Waals surface area contributed by atoms with Crippen LogP contribution >= 0.6 is 22.6 Å². The Kier molecular flexibility index (Phi) is 2.39. The number of hydrogen-bond acceptors (Lipinski definition) is 1. The zero-order chi connectivity index (χ0) is 8.55. The lowest BCUT2D eigenvalue weighted by atomic mass is 10.2. The molecule has 0 N–H and O–H groups in total. The van der Waals surface area contributed by atoms with Crippen molar-refractivity contribution in [1.82, 2.24) is 9.78 Å². The Hall–Kier alpha value is -0.0600. The zero-order valence-electron chi connectivity index (χ0n) is 7.26. The largest absolute Gasteiger partial charge is 0.266 e. The summed E-state index contributed by atoms with van der Waals surface area (Å²) in [5.74, 6) is 0. The number of halogens is 1. The maximum atomic E-state index is 4.50. The van der Waals surface area contributed by atoms with E-state index in [-0.39, 0.29) is 0 Å². The molecule has 2 nitrogen and oxygen atoms in total. The van der Waals surface area contributed by atoms with Crippen LogP contribution in [0.25, 0.3) is 0 Å². The third kappa shape index (κ3) is 1.51. The van der Waals surface area contributed by atoms with Crippen LogP contribution in [0.1, 0.15) is 37.4 Å². The summed E-state index contributed by atoms with van der Waals surface area (Å²) in [7, 11) is 0. The van der Waals surface area contributed by atoms with E-state index >= 15 is 0 Å². The van der Waals surface area contributed by atoms with Crippen LogP contribution < -0.4 is 0 Å². The van der Waals surface area contributed by atoms with Gasteiger partial charge in [-0.25, -0.2) is 0 Å². The van der Waals surface area contributed by atoms with Gasteiger partial charge in [-0.3, -0.25) is 4.68 Å². The van der Waals surface area contributed by atoms with E-state index in [1.807, 2.05) is 0 Å². The molecule has 0 bridgehead atoms. The standard InChI is InChI=1S/C9H13IN2/c1-7-6-9(10)11-12(7)8-4-2-3-5-8/h6,8H,2-5H2,1H3. The van der Waals surface area contributed by atoms with E-state index in [0.29, 0.717) is 6.04 Å². The second-order valence-electron chi connectivity index (χ2n) is 3.49. The van der Waals surface area contributed by atoms with Gasteiger partial charge in [-0.05, 0) is 48.4 Å². The van der Waals surface area contributed by atoms with Gasteiger partial charge in [0.05, 0.1) is 6.04 Å². The summed E-state index contributed by atoms with van der Waals surface area (Å²) in [6.07, 6.45) is 5.39. The van der Waals surface area contributed by atoms with E-state index in [0.717, 1.165) is 3.70 Å². The van der Waals surface area contributed by atoms with Crippen molar-refractivity contribution in [2.75, 3.05) is 0 Å². The maximum absolute atomic E-state index is 4.50. The Bertz CT molecular complexity index is 274. The highest BCUT2D eigenvalue weighted by Crippen LogP contribution is 2.30. The van der Waals surface area contributed by atoms with Gasteiger partial charge in [0.2, 0.25) is 0 Å². The van der Waals surface area contributed by atoms with Gasteiger partial charge < -0.3 is 0 Å². The highest BCUT2D eigenvalue weighted by atomic mass is 127. The van der Waals surface area contributed by atoms with Crippen LogP contribution in [0.15, 0.2) is 6.07 Å². The third-order valence-corrected chi connectivity index (χ3v) is 3.09. The van der Waals surface area contributed by atoms with Crippen LogP contribution in [-0.2, 0) is 0 Å². The first kappa shape index (κ1) is 8.53. The summed E-state index contributed by atoms with van der Waals surface area (Å²) in [4.78, 5) is 0. The fraction of sp³-hybridized carbons (Fsp3) is 0.667. The number of aryl methyl sites for hydroxylation is 1. The first-order chi connectivity index (χ1) is 5.77. The van der Waals surface area contributed by atoms with Gasteiger partial charge in [0, 0.05) is 5.69 Å². The lowest BCUT2D eigenvalue weighted by Gasteiger charge is -2.11.